The zero-order valence-electron chi connectivity index (χ0n) is 17.0. The van der Waals surface area contributed by atoms with E-state index in [1.54, 1.807) is 74.7 Å². The first-order valence-electron chi connectivity index (χ1n) is 9.45. The SMILES string of the molecule is COc1ccc(NC(=O)c2ccc(OC(=O)C(C)Oc3ccc(C)cc3)cc2)cc1. The molecule has 0 radical (unpaired) electrons. The van der Waals surface area contributed by atoms with E-state index in [0.29, 0.717) is 28.5 Å². The lowest BCUT2D eigenvalue weighted by molar-refractivity contribution is -0.141. The Bertz CT molecular complexity index is 995. The van der Waals surface area contributed by atoms with Gasteiger partial charge in [-0.15, -0.1) is 0 Å². The van der Waals surface area contributed by atoms with Crippen molar-refractivity contribution in [2.45, 2.75) is 20.0 Å². The lowest BCUT2D eigenvalue weighted by atomic mass is 10.2. The Morgan fingerprint density at radius 2 is 1.37 bits per heavy atom. The second kappa shape index (κ2) is 9.60. The number of methoxy groups -OCH3 is 1. The van der Waals surface area contributed by atoms with E-state index in [0.717, 1.165) is 5.56 Å². The summed E-state index contributed by atoms with van der Waals surface area (Å²) in [7, 11) is 1.58. The molecule has 6 heteroatoms. The molecular weight excluding hydrogens is 382 g/mol. The molecule has 154 valence electrons. The number of rotatable bonds is 7. The summed E-state index contributed by atoms with van der Waals surface area (Å²) in [5, 5.41) is 2.80. The number of nitrogens with one attached hydrogen (secondary N) is 1. The molecule has 1 atom stereocenters. The van der Waals surface area contributed by atoms with E-state index in [-0.39, 0.29) is 5.91 Å². The second-order valence-corrected chi connectivity index (χ2v) is 6.70. The van der Waals surface area contributed by atoms with Gasteiger partial charge in [0.1, 0.15) is 17.2 Å². The minimum Gasteiger partial charge on any atom is -0.497 e. The number of amides is 1. The Balaban J connectivity index is 1.55. The van der Waals surface area contributed by atoms with Crippen LogP contribution < -0.4 is 19.5 Å². The largest absolute Gasteiger partial charge is 0.497 e. The van der Waals surface area contributed by atoms with Crippen molar-refractivity contribution in [1.29, 1.82) is 0 Å². The maximum absolute atomic E-state index is 12.4. The van der Waals surface area contributed by atoms with E-state index < -0.39 is 12.1 Å². The standard InChI is InChI=1S/C24H23NO5/c1-16-4-10-21(11-5-16)29-17(2)24(27)30-22-12-6-18(7-13-22)23(26)25-19-8-14-20(28-3)15-9-19/h4-15,17H,1-3H3,(H,25,26). The second-order valence-electron chi connectivity index (χ2n) is 6.70. The number of hydrogen-bond acceptors (Lipinski definition) is 5. The summed E-state index contributed by atoms with van der Waals surface area (Å²) in [5.41, 5.74) is 2.20. The van der Waals surface area contributed by atoms with Gasteiger partial charge in [-0.2, -0.15) is 0 Å². The van der Waals surface area contributed by atoms with E-state index >= 15 is 0 Å². The zero-order valence-corrected chi connectivity index (χ0v) is 17.0. The number of ether oxygens (including phenoxy) is 3. The molecule has 0 saturated carbocycles. The normalized spacial score (nSPS) is 11.3. The van der Waals surface area contributed by atoms with Crippen LogP contribution in [0.4, 0.5) is 5.69 Å². The molecule has 0 spiro atoms. The first-order chi connectivity index (χ1) is 14.4. The highest BCUT2D eigenvalue weighted by Gasteiger charge is 2.17. The van der Waals surface area contributed by atoms with E-state index in [9.17, 15) is 9.59 Å². The fourth-order valence-electron chi connectivity index (χ4n) is 2.62. The number of aryl methyl sites for hydroxylation is 1. The van der Waals surface area contributed by atoms with Crippen molar-refractivity contribution in [3.8, 4) is 17.2 Å². The molecule has 1 amide bonds. The molecule has 0 aliphatic heterocycles. The van der Waals surface area contributed by atoms with Crippen molar-refractivity contribution < 1.29 is 23.8 Å². The third-order valence-electron chi connectivity index (χ3n) is 4.35. The van der Waals surface area contributed by atoms with Gasteiger partial charge in [-0.1, -0.05) is 17.7 Å². The number of benzene rings is 3. The molecule has 0 aliphatic carbocycles. The molecule has 0 bridgehead atoms. The van der Waals surface area contributed by atoms with Gasteiger partial charge in [-0.3, -0.25) is 4.79 Å². The molecule has 30 heavy (non-hydrogen) atoms. The van der Waals surface area contributed by atoms with Gasteiger partial charge in [0, 0.05) is 11.3 Å². The summed E-state index contributed by atoms with van der Waals surface area (Å²) in [4.78, 5) is 24.6. The molecule has 3 rings (SSSR count). The number of hydrogen-bond donors (Lipinski definition) is 1. The Morgan fingerprint density at radius 3 is 1.97 bits per heavy atom. The summed E-state index contributed by atoms with van der Waals surface area (Å²) < 4.78 is 16.0. The molecule has 6 nitrogen and oxygen atoms in total. The fraction of sp³-hybridized carbons (Fsp3) is 0.167. The highest BCUT2D eigenvalue weighted by molar-refractivity contribution is 6.04. The molecule has 0 aromatic heterocycles. The van der Waals surface area contributed by atoms with Gasteiger partial charge in [0.25, 0.3) is 5.91 Å². The maximum Gasteiger partial charge on any atom is 0.352 e. The Labute approximate surface area is 175 Å². The van der Waals surface area contributed by atoms with E-state index in [1.807, 2.05) is 19.1 Å². The van der Waals surface area contributed by atoms with Crippen LogP contribution in [-0.4, -0.2) is 25.1 Å². The minimum atomic E-state index is -0.772. The molecular formula is C24H23NO5. The van der Waals surface area contributed by atoms with Crippen LogP contribution in [0.15, 0.2) is 72.8 Å². The minimum absolute atomic E-state index is 0.269. The van der Waals surface area contributed by atoms with Crippen LogP contribution in [0.3, 0.4) is 0 Å². The molecule has 1 unspecified atom stereocenters. The molecule has 0 aliphatic rings. The number of esters is 1. The highest BCUT2D eigenvalue weighted by atomic mass is 16.6. The smallest absolute Gasteiger partial charge is 0.352 e. The van der Waals surface area contributed by atoms with Crippen molar-refractivity contribution in [3.05, 3.63) is 83.9 Å². The highest BCUT2D eigenvalue weighted by Crippen LogP contribution is 2.19. The van der Waals surface area contributed by atoms with Crippen LogP contribution in [0.2, 0.25) is 0 Å². The number of carbonyl (C=O) groups excluding carboxylic acids is 2. The number of anilines is 1. The van der Waals surface area contributed by atoms with E-state index in [2.05, 4.69) is 5.32 Å². The summed E-state index contributed by atoms with van der Waals surface area (Å²) >= 11 is 0. The molecule has 1 N–H and O–H groups in total. The van der Waals surface area contributed by atoms with Crippen LogP contribution in [-0.2, 0) is 4.79 Å². The van der Waals surface area contributed by atoms with Crippen molar-refractivity contribution >= 4 is 17.6 Å². The van der Waals surface area contributed by atoms with E-state index in [1.165, 1.54) is 0 Å². The summed E-state index contributed by atoms with van der Waals surface area (Å²) in [6.07, 6.45) is -0.772. The van der Waals surface area contributed by atoms with Crippen LogP contribution in [0.1, 0.15) is 22.8 Å². The van der Waals surface area contributed by atoms with Gasteiger partial charge >= 0.3 is 5.97 Å². The predicted molar refractivity (Wildman–Crippen MR) is 114 cm³/mol. The quantitative estimate of drug-likeness (QED) is 0.458. The molecule has 3 aromatic carbocycles. The topological polar surface area (TPSA) is 73.9 Å². The van der Waals surface area contributed by atoms with Crippen molar-refractivity contribution in [2.24, 2.45) is 0 Å². The third-order valence-corrected chi connectivity index (χ3v) is 4.35. The average molecular weight is 405 g/mol. The van der Waals surface area contributed by atoms with Gasteiger partial charge in [0.05, 0.1) is 7.11 Å². The first-order valence-corrected chi connectivity index (χ1v) is 9.45. The summed E-state index contributed by atoms with van der Waals surface area (Å²) in [6, 6.07) is 20.8. The van der Waals surface area contributed by atoms with Gasteiger partial charge in [0.2, 0.25) is 0 Å². The first kappa shape index (κ1) is 20.9. The number of carbonyl (C=O) groups is 2. The van der Waals surface area contributed by atoms with Crippen LogP contribution in [0, 0.1) is 6.92 Å². The van der Waals surface area contributed by atoms with Crippen molar-refractivity contribution in [3.63, 3.8) is 0 Å². The van der Waals surface area contributed by atoms with Gasteiger partial charge in [0.15, 0.2) is 6.10 Å². The van der Waals surface area contributed by atoms with E-state index in [4.69, 9.17) is 14.2 Å². The Hall–Kier alpha value is -3.80. The predicted octanol–water partition coefficient (Wildman–Crippen LogP) is 4.63. The van der Waals surface area contributed by atoms with Gasteiger partial charge in [-0.05, 0) is 74.5 Å². The molecule has 3 aromatic rings. The third kappa shape index (κ3) is 5.61. The van der Waals surface area contributed by atoms with Crippen molar-refractivity contribution in [2.75, 3.05) is 12.4 Å². The Morgan fingerprint density at radius 1 is 0.800 bits per heavy atom. The Kier molecular flexibility index (Phi) is 6.70. The monoisotopic (exact) mass is 405 g/mol. The zero-order chi connectivity index (χ0) is 21.5. The fourth-order valence-corrected chi connectivity index (χ4v) is 2.62. The van der Waals surface area contributed by atoms with Gasteiger partial charge < -0.3 is 19.5 Å². The maximum atomic E-state index is 12.4. The molecule has 0 heterocycles. The summed E-state index contributed by atoms with van der Waals surface area (Å²) in [5.74, 6) is 0.843. The average Bonchev–Trinajstić information content (AvgIpc) is 2.76. The van der Waals surface area contributed by atoms with Gasteiger partial charge in [-0.25, -0.2) is 4.79 Å². The molecule has 0 fully saturated rings. The van der Waals surface area contributed by atoms with Crippen LogP contribution in [0.5, 0.6) is 17.2 Å². The van der Waals surface area contributed by atoms with Crippen LogP contribution in [0.25, 0.3) is 0 Å². The summed E-state index contributed by atoms with van der Waals surface area (Å²) in [6.45, 7) is 3.60. The van der Waals surface area contributed by atoms with Crippen molar-refractivity contribution in [1.82, 2.24) is 0 Å². The lowest BCUT2D eigenvalue weighted by Crippen LogP contribution is -2.28. The lowest BCUT2D eigenvalue weighted by Gasteiger charge is -2.14. The van der Waals surface area contributed by atoms with Crippen LogP contribution >= 0.6 is 0 Å². The molecule has 0 saturated heterocycles.